The molecule has 110 valence electrons. The lowest BCUT2D eigenvalue weighted by atomic mass is 10.0. The van der Waals surface area contributed by atoms with Crippen molar-refractivity contribution in [2.45, 2.75) is 26.4 Å². The van der Waals surface area contributed by atoms with E-state index in [1.807, 2.05) is 13.0 Å². The first-order valence-electron chi connectivity index (χ1n) is 6.74. The molecular weight excluding hydrogens is 269 g/mol. The summed E-state index contributed by atoms with van der Waals surface area (Å²) in [6.07, 6.45) is 0. The van der Waals surface area contributed by atoms with Crippen LogP contribution in [0, 0.1) is 12.7 Å². The molecule has 1 unspecified atom stereocenters. The Balaban J connectivity index is 2.03. The molecule has 2 N–H and O–H groups in total. The number of carbonyl (C=O) groups excluding carboxylic acids is 1. The molecule has 0 saturated heterocycles. The second-order valence-corrected chi connectivity index (χ2v) is 5.07. The van der Waals surface area contributed by atoms with Crippen molar-refractivity contribution in [2.75, 3.05) is 5.73 Å². The number of esters is 1. The zero-order valence-electron chi connectivity index (χ0n) is 12.1. The number of nitrogen functional groups attached to an aromatic ring is 1. The van der Waals surface area contributed by atoms with Crippen molar-refractivity contribution >= 4 is 11.7 Å². The van der Waals surface area contributed by atoms with Crippen LogP contribution in [0.2, 0.25) is 0 Å². The summed E-state index contributed by atoms with van der Waals surface area (Å²) in [5.74, 6) is -1.11. The zero-order valence-corrected chi connectivity index (χ0v) is 12.1. The number of anilines is 1. The van der Waals surface area contributed by atoms with Gasteiger partial charge in [0.1, 0.15) is 12.4 Å². The van der Waals surface area contributed by atoms with Gasteiger partial charge in [-0.15, -0.1) is 0 Å². The minimum Gasteiger partial charge on any atom is -0.460 e. The molecule has 2 rings (SSSR count). The monoisotopic (exact) mass is 287 g/mol. The maximum atomic E-state index is 13.2. The van der Waals surface area contributed by atoms with Crippen LogP contribution in [0.1, 0.15) is 29.5 Å². The molecule has 2 aromatic rings. The van der Waals surface area contributed by atoms with Gasteiger partial charge in [0.25, 0.3) is 0 Å². The fraction of sp³-hybridized carbons (Fsp3) is 0.235. The van der Waals surface area contributed by atoms with Crippen LogP contribution in [-0.4, -0.2) is 5.97 Å². The Bertz CT molecular complexity index is 655. The van der Waals surface area contributed by atoms with E-state index in [4.69, 9.17) is 10.5 Å². The Morgan fingerprint density at radius 1 is 1.29 bits per heavy atom. The Morgan fingerprint density at radius 2 is 2.05 bits per heavy atom. The molecule has 0 fully saturated rings. The molecule has 1 atom stereocenters. The SMILES string of the molecule is Cc1ccc(F)cc1COC(=O)C(C)c1cccc(N)c1. The summed E-state index contributed by atoms with van der Waals surface area (Å²) in [7, 11) is 0. The lowest BCUT2D eigenvalue weighted by molar-refractivity contribution is -0.146. The molecule has 0 aliphatic heterocycles. The number of benzene rings is 2. The van der Waals surface area contributed by atoms with Crippen LogP contribution in [0.15, 0.2) is 42.5 Å². The number of aryl methyl sites for hydroxylation is 1. The lowest BCUT2D eigenvalue weighted by Crippen LogP contribution is -2.13. The van der Waals surface area contributed by atoms with Crippen LogP contribution in [0.4, 0.5) is 10.1 Å². The van der Waals surface area contributed by atoms with E-state index in [1.54, 1.807) is 31.2 Å². The first kappa shape index (κ1) is 15.0. The van der Waals surface area contributed by atoms with E-state index < -0.39 is 5.92 Å². The minimum absolute atomic E-state index is 0.0646. The fourth-order valence-electron chi connectivity index (χ4n) is 2.03. The summed E-state index contributed by atoms with van der Waals surface area (Å²) in [6.45, 7) is 3.68. The van der Waals surface area contributed by atoms with E-state index in [9.17, 15) is 9.18 Å². The third kappa shape index (κ3) is 3.81. The van der Waals surface area contributed by atoms with Crippen molar-refractivity contribution in [3.8, 4) is 0 Å². The highest BCUT2D eigenvalue weighted by Gasteiger charge is 2.17. The molecular formula is C17H18FNO2. The molecule has 3 nitrogen and oxygen atoms in total. The van der Waals surface area contributed by atoms with Crippen LogP contribution >= 0.6 is 0 Å². The summed E-state index contributed by atoms with van der Waals surface area (Å²) in [6, 6.07) is 11.6. The van der Waals surface area contributed by atoms with E-state index in [1.165, 1.54) is 12.1 Å². The number of ether oxygens (including phenoxy) is 1. The average molecular weight is 287 g/mol. The highest BCUT2D eigenvalue weighted by atomic mass is 19.1. The van der Waals surface area contributed by atoms with Crippen molar-refractivity contribution in [3.63, 3.8) is 0 Å². The Labute approximate surface area is 123 Å². The Morgan fingerprint density at radius 3 is 2.76 bits per heavy atom. The van der Waals surface area contributed by atoms with Crippen molar-refractivity contribution in [2.24, 2.45) is 0 Å². The van der Waals surface area contributed by atoms with E-state index in [-0.39, 0.29) is 18.4 Å². The molecule has 0 heterocycles. The topological polar surface area (TPSA) is 52.3 Å². The molecule has 2 aromatic carbocycles. The smallest absolute Gasteiger partial charge is 0.313 e. The molecule has 0 amide bonds. The van der Waals surface area contributed by atoms with Crippen molar-refractivity contribution in [1.82, 2.24) is 0 Å². The molecule has 0 aliphatic carbocycles. The second-order valence-electron chi connectivity index (χ2n) is 5.07. The van der Waals surface area contributed by atoms with Gasteiger partial charge in [-0.25, -0.2) is 4.39 Å². The average Bonchev–Trinajstić information content (AvgIpc) is 2.47. The molecule has 21 heavy (non-hydrogen) atoms. The normalized spacial score (nSPS) is 12.0. The first-order valence-corrected chi connectivity index (χ1v) is 6.74. The van der Waals surface area contributed by atoms with Gasteiger partial charge in [-0.05, 0) is 54.8 Å². The van der Waals surface area contributed by atoms with E-state index >= 15 is 0 Å². The highest BCUT2D eigenvalue weighted by molar-refractivity contribution is 5.78. The van der Waals surface area contributed by atoms with E-state index in [2.05, 4.69) is 0 Å². The maximum Gasteiger partial charge on any atom is 0.313 e. The van der Waals surface area contributed by atoms with Gasteiger partial charge < -0.3 is 10.5 Å². The van der Waals surface area contributed by atoms with Gasteiger partial charge in [0, 0.05) is 5.69 Å². The van der Waals surface area contributed by atoms with Gasteiger partial charge >= 0.3 is 5.97 Å². The van der Waals surface area contributed by atoms with Gasteiger partial charge in [0.05, 0.1) is 5.92 Å². The third-order valence-electron chi connectivity index (χ3n) is 3.45. The summed E-state index contributed by atoms with van der Waals surface area (Å²) < 4.78 is 18.5. The molecule has 0 saturated carbocycles. The highest BCUT2D eigenvalue weighted by Crippen LogP contribution is 2.20. The quantitative estimate of drug-likeness (QED) is 0.691. The van der Waals surface area contributed by atoms with Crippen molar-refractivity contribution in [1.29, 1.82) is 0 Å². The van der Waals surface area contributed by atoms with E-state index in [0.29, 0.717) is 11.3 Å². The standard InChI is InChI=1S/C17H18FNO2/c1-11-6-7-15(18)8-14(11)10-21-17(20)12(2)13-4-3-5-16(19)9-13/h3-9,12H,10,19H2,1-2H3. The van der Waals surface area contributed by atoms with Crippen LogP contribution < -0.4 is 5.73 Å². The summed E-state index contributed by atoms with van der Waals surface area (Å²) in [5.41, 5.74) is 8.67. The largest absolute Gasteiger partial charge is 0.460 e. The molecule has 4 heteroatoms. The number of halogens is 1. The molecule has 0 bridgehead atoms. The van der Waals surface area contributed by atoms with Crippen LogP contribution in [0.3, 0.4) is 0 Å². The second kappa shape index (κ2) is 6.39. The Hall–Kier alpha value is -2.36. The predicted molar refractivity (Wildman–Crippen MR) is 80.2 cm³/mol. The third-order valence-corrected chi connectivity index (χ3v) is 3.45. The fourth-order valence-corrected chi connectivity index (χ4v) is 2.03. The predicted octanol–water partition coefficient (Wildman–Crippen LogP) is 3.56. The molecule has 0 radical (unpaired) electrons. The van der Waals surface area contributed by atoms with Gasteiger partial charge in [0.15, 0.2) is 0 Å². The van der Waals surface area contributed by atoms with Gasteiger partial charge in [-0.1, -0.05) is 18.2 Å². The van der Waals surface area contributed by atoms with Gasteiger partial charge in [-0.3, -0.25) is 4.79 Å². The molecule has 0 aromatic heterocycles. The number of carbonyl (C=O) groups is 1. The van der Waals surface area contributed by atoms with Crippen LogP contribution in [0.25, 0.3) is 0 Å². The van der Waals surface area contributed by atoms with Crippen molar-refractivity contribution < 1.29 is 13.9 Å². The van der Waals surface area contributed by atoms with Gasteiger partial charge in [0.2, 0.25) is 0 Å². The maximum absolute atomic E-state index is 13.2. The molecule has 0 aliphatic rings. The summed E-state index contributed by atoms with van der Waals surface area (Å²) in [4.78, 5) is 12.1. The number of rotatable bonds is 4. The van der Waals surface area contributed by atoms with Crippen LogP contribution in [-0.2, 0) is 16.1 Å². The molecule has 0 spiro atoms. The van der Waals surface area contributed by atoms with E-state index in [0.717, 1.165) is 11.1 Å². The number of hydrogen-bond acceptors (Lipinski definition) is 3. The zero-order chi connectivity index (χ0) is 15.4. The van der Waals surface area contributed by atoms with Gasteiger partial charge in [-0.2, -0.15) is 0 Å². The van der Waals surface area contributed by atoms with Crippen molar-refractivity contribution in [3.05, 3.63) is 65.0 Å². The number of nitrogens with two attached hydrogens (primary N) is 1. The lowest BCUT2D eigenvalue weighted by Gasteiger charge is -2.13. The summed E-state index contributed by atoms with van der Waals surface area (Å²) >= 11 is 0. The first-order chi connectivity index (χ1) is 9.97. The Kier molecular flexibility index (Phi) is 4.58. The minimum atomic E-state index is -0.414. The summed E-state index contributed by atoms with van der Waals surface area (Å²) in [5, 5.41) is 0. The number of hydrogen-bond donors (Lipinski definition) is 1. The van der Waals surface area contributed by atoms with Crippen LogP contribution in [0.5, 0.6) is 0 Å².